The van der Waals surface area contributed by atoms with Crippen LogP contribution >= 0.6 is 0 Å². The summed E-state index contributed by atoms with van der Waals surface area (Å²) in [5.41, 5.74) is 0.273. The number of benzene rings is 2. The molecule has 2 aromatic rings. The second-order valence-corrected chi connectivity index (χ2v) is 9.57. The number of amides is 1. The van der Waals surface area contributed by atoms with E-state index in [0.29, 0.717) is 18.9 Å². The van der Waals surface area contributed by atoms with E-state index in [-0.39, 0.29) is 17.6 Å². The van der Waals surface area contributed by atoms with Crippen molar-refractivity contribution < 1.29 is 19.0 Å². The topological polar surface area (TPSA) is 71.8 Å². The fourth-order valence-electron chi connectivity index (χ4n) is 3.93. The van der Waals surface area contributed by atoms with Crippen LogP contribution in [0.15, 0.2) is 48.5 Å². The van der Waals surface area contributed by atoms with Gasteiger partial charge >= 0.3 is 6.09 Å². The van der Waals surface area contributed by atoms with Gasteiger partial charge in [0.1, 0.15) is 29.5 Å². The highest BCUT2D eigenvalue weighted by molar-refractivity contribution is 5.69. The molecule has 168 valence electrons. The predicted octanol–water partition coefficient (Wildman–Crippen LogP) is 5.81. The Bertz CT molecular complexity index is 982. The molecule has 0 spiro atoms. The van der Waals surface area contributed by atoms with Crippen LogP contribution in [0.5, 0.6) is 17.2 Å². The van der Waals surface area contributed by atoms with Gasteiger partial charge in [0.2, 0.25) is 0 Å². The first kappa shape index (κ1) is 22.0. The lowest BCUT2D eigenvalue weighted by Gasteiger charge is -2.28. The van der Waals surface area contributed by atoms with E-state index in [9.17, 15) is 10.1 Å². The van der Waals surface area contributed by atoms with Gasteiger partial charge in [0.05, 0.1) is 17.5 Å². The average Bonchev–Trinajstić information content (AvgIpc) is 3.42. The van der Waals surface area contributed by atoms with Gasteiger partial charge in [0, 0.05) is 6.54 Å². The van der Waals surface area contributed by atoms with Gasteiger partial charge in [-0.1, -0.05) is 12.1 Å². The number of rotatable bonds is 6. The summed E-state index contributed by atoms with van der Waals surface area (Å²) >= 11 is 0. The van der Waals surface area contributed by atoms with Gasteiger partial charge in [-0.25, -0.2) is 4.79 Å². The van der Waals surface area contributed by atoms with E-state index in [2.05, 4.69) is 6.07 Å². The zero-order valence-electron chi connectivity index (χ0n) is 19.0. The Kier molecular flexibility index (Phi) is 6.01. The van der Waals surface area contributed by atoms with Crippen LogP contribution in [-0.4, -0.2) is 35.8 Å². The molecule has 6 nitrogen and oxygen atoms in total. The van der Waals surface area contributed by atoms with E-state index in [1.54, 1.807) is 4.90 Å². The highest BCUT2D eigenvalue weighted by atomic mass is 16.6. The minimum absolute atomic E-state index is 0.0162. The van der Waals surface area contributed by atoms with Crippen molar-refractivity contribution in [3.8, 4) is 23.3 Å². The largest absolute Gasteiger partial charge is 0.491 e. The number of carbonyl (C=O) groups excluding carboxylic acids is 1. The van der Waals surface area contributed by atoms with Crippen LogP contribution in [-0.2, 0) is 10.2 Å². The Morgan fingerprint density at radius 3 is 2.22 bits per heavy atom. The van der Waals surface area contributed by atoms with Gasteiger partial charge in [-0.15, -0.1) is 0 Å². The Morgan fingerprint density at radius 1 is 1.06 bits per heavy atom. The summed E-state index contributed by atoms with van der Waals surface area (Å²) < 4.78 is 17.4. The van der Waals surface area contributed by atoms with E-state index in [0.717, 1.165) is 42.7 Å². The van der Waals surface area contributed by atoms with Gasteiger partial charge < -0.3 is 19.1 Å². The molecule has 6 heteroatoms. The van der Waals surface area contributed by atoms with Gasteiger partial charge in [0.25, 0.3) is 0 Å². The number of hydrogen-bond acceptors (Lipinski definition) is 5. The molecule has 0 radical (unpaired) electrons. The van der Waals surface area contributed by atoms with E-state index in [1.807, 2.05) is 69.3 Å². The maximum Gasteiger partial charge on any atom is 0.410 e. The SMILES string of the molecule is CC(C)(C)OC(=O)N1CCCC1COc1ccc(Oc2ccc(C3(C#N)CC3)cc2)cc1. The predicted molar refractivity (Wildman–Crippen MR) is 121 cm³/mol. The molecule has 2 fully saturated rings. The van der Waals surface area contributed by atoms with E-state index >= 15 is 0 Å². The Labute approximate surface area is 189 Å². The normalized spacial score (nSPS) is 19.2. The molecule has 0 aromatic heterocycles. The number of hydrogen-bond donors (Lipinski definition) is 0. The van der Waals surface area contributed by atoms with Crippen LogP contribution < -0.4 is 9.47 Å². The summed E-state index contributed by atoms with van der Waals surface area (Å²) in [6.07, 6.45) is 3.45. The molecular weight excluding hydrogens is 404 g/mol. The Hall–Kier alpha value is -3.20. The summed E-state index contributed by atoms with van der Waals surface area (Å²) in [5, 5.41) is 9.32. The number of ether oxygens (including phenoxy) is 3. The third-order valence-corrected chi connectivity index (χ3v) is 5.88. The third-order valence-electron chi connectivity index (χ3n) is 5.88. The van der Waals surface area contributed by atoms with Crippen LogP contribution in [0.3, 0.4) is 0 Å². The maximum atomic E-state index is 12.4. The minimum atomic E-state index is -0.504. The van der Waals surface area contributed by atoms with Gasteiger partial charge in [-0.05, 0) is 88.4 Å². The van der Waals surface area contributed by atoms with Crippen molar-refractivity contribution in [2.75, 3.05) is 13.2 Å². The average molecular weight is 435 g/mol. The van der Waals surface area contributed by atoms with Crippen molar-refractivity contribution >= 4 is 6.09 Å². The summed E-state index contributed by atoms with van der Waals surface area (Å²) in [6.45, 7) is 6.76. The molecule has 1 atom stereocenters. The van der Waals surface area contributed by atoms with Crippen molar-refractivity contribution in [3.63, 3.8) is 0 Å². The van der Waals surface area contributed by atoms with E-state index in [1.165, 1.54) is 0 Å². The Morgan fingerprint density at radius 2 is 1.66 bits per heavy atom. The lowest BCUT2D eigenvalue weighted by molar-refractivity contribution is 0.0187. The molecule has 1 unspecified atom stereocenters. The smallest absolute Gasteiger partial charge is 0.410 e. The zero-order chi connectivity index (χ0) is 22.8. The van der Waals surface area contributed by atoms with Crippen molar-refractivity contribution in [2.45, 2.75) is 63.5 Å². The summed E-state index contributed by atoms with van der Waals surface area (Å²) in [5.74, 6) is 2.17. The number of carbonyl (C=O) groups is 1. The third kappa shape index (κ3) is 5.16. The molecule has 1 aliphatic heterocycles. The lowest BCUT2D eigenvalue weighted by Crippen LogP contribution is -2.42. The summed E-state index contributed by atoms with van der Waals surface area (Å²) in [6, 6.07) is 17.6. The van der Waals surface area contributed by atoms with Crippen molar-refractivity contribution in [3.05, 3.63) is 54.1 Å². The minimum Gasteiger partial charge on any atom is -0.491 e. The van der Waals surface area contributed by atoms with Crippen LogP contribution in [0.2, 0.25) is 0 Å². The van der Waals surface area contributed by atoms with Crippen molar-refractivity contribution in [1.29, 1.82) is 5.26 Å². The molecule has 1 heterocycles. The molecule has 2 aromatic carbocycles. The maximum absolute atomic E-state index is 12.4. The quantitative estimate of drug-likeness (QED) is 0.573. The highest BCUT2D eigenvalue weighted by Gasteiger charge is 2.44. The number of likely N-dealkylation sites (tertiary alicyclic amines) is 1. The molecule has 0 bridgehead atoms. The lowest BCUT2D eigenvalue weighted by atomic mass is 9.98. The summed E-state index contributed by atoms with van der Waals surface area (Å²) in [7, 11) is 0. The highest BCUT2D eigenvalue weighted by Crippen LogP contribution is 2.47. The van der Waals surface area contributed by atoms with Crippen LogP contribution in [0.25, 0.3) is 0 Å². The zero-order valence-corrected chi connectivity index (χ0v) is 19.0. The van der Waals surface area contributed by atoms with Crippen molar-refractivity contribution in [1.82, 2.24) is 4.90 Å². The standard InChI is InChI=1S/C26H30N2O4/c1-25(2,3)32-24(29)28-16-4-5-20(28)17-30-21-10-12-23(13-11-21)31-22-8-6-19(7-9-22)26(18-27)14-15-26/h6-13,20H,4-5,14-17H2,1-3H3. The first-order valence-corrected chi connectivity index (χ1v) is 11.2. The van der Waals surface area contributed by atoms with Gasteiger partial charge in [0.15, 0.2) is 0 Å². The van der Waals surface area contributed by atoms with Gasteiger partial charge in [-0.3, -0.25) is 0 Å². The number of nitrogens with zero attached hydrogens (tertiary/aromatic N) is 2. The molecule has 1 aliphatic carbocycles. The first-order valence-electron chi connectivity index (χ1n) is 11.2. The van der Waals surface area contributed by atoms with Crippen LogP contribution in [0.4, 0.5) is 4.79 Å². The molecule has 4 rings (SSSR count). The second-order valence-electron chi connectivity index (χ2n) is 9.57. The molecule has 1 amide bonds. The summed E-state index contributed by atoms with van der Waals surface area (Å²) in [4.78, 5) is 14.2. The fraction of sp³-hybridized carbons (Fsp3) is 0.462. The number of nitriles is 1. The Balaban J connectivity index is 1.29. The van der Waals surface area contributed by atoms with Crippen LogP contribution in [0, 0.1) is 11.3 Å². The molecule has 1 saturated carbocycles. The fourth-order valence-corrected chi connectivity index (χ4v) is 3.93. The van der Waals surface area contributed by atoms with E-state index in [4.69, 9.17) is 14.2 Å². The first-order chi connectivity index (χ1) is 15.3. The van der Waals surface area contributed by atoms with E-state index < -0.39 is 5.60 Å². The molecular formula is C26H30N2O4. The van der Waals surface area contributed by atoms with Crippen LogP contribution in [0.1, 0.15) is 52.0 Å². The van der Waals surface area contributed by atoms with Gasteiger partial charge in [-0.2, -0.15) is 5.26 Å². The molecule has 1 saturated heterocycles. The van der Waals surface area contributed by atoms with Crippen molar-refractivity contribution in [2.24, 2.45) is 0 Å². The molecule has 0 N–H and O–H groups in total. The molecule has 2 aliphatic rings. The molecule has 32 heavy (non-hydrogen) atoms. The second kappa shape index (κ2) is 8.74. The monoisotopic (exact) mass is 434 g/mol.